The fraction of sp³-hybridized carbons (Fsp3) is 0.647. The molecule has 0 radical (unpaired) electrons. The van der Waals surface area contributed by atoms with Crippen molar-refractivity contribution in [2.45, 2.75) is 54.3 Å². The number of rotatable bonds is 6. The van der Waals surface area contributed by atoms with Gasteiger partial charge in [-0.2, -0.15) is 0 Å². The summed E-state index contributed by atoms with van der Waals surface area (Å²) in [5.41, 5.74) is -0.477. The van der Waals surface area contributed by atoms with Crippen LogP contribution >= 0.6 is 11.8 Å². The Morgan fingerprint density at radius 2 is 2.00 bits per heavy atom. The fourth-order valence-corrected chi connectivity index (χ4v) is 4.39. The average Bonchev–Trinajstić information content (AvgIpc) is 2.42. The topological polar surface area (TPSA) is 23.5 Å². The van der Waals surface area contributed by atoms with Crippen LogP contribution in [0.3, 0.4) is 0 Å². The summed E-state index contributed by atoms with van der Waals surface area (Å²) in [6.45, 7) is 1.06. The highest BCUT2D eigenvalue weighted by Crippen LogP contribution is 2.42. The summed E-state index contributed by atoms with van der Waals surface area (Å²) in [6, 6.07) is 10.5. The monoisotopic (exact) mass is 293 g/mol. The summed E-state index contributed by atoms with van der Waals surface area (Å²) in [5.74, 6) is 0. The van der Waals surface area contributed by atoms with Crippen molar-refractivity contribution in [3.05, 3.63) is 30.3 Å². The third kappa shape index (κ3) is 4.51. The predicted octanol–water partition coefficient (Wildman–Crippen LogP) is 3.79. The normalized spacial score (nSPS) is 26.9. The average molecular weight is 293 g/mol. The summed E-state index contributed by atoms with van der Waals surface area (Å²) in [5, 5.41) is 11.4. The first-order valence-corrected chi connectivity index (χ1v) is 8.57. The SMILES string of the molecule is CN(C)CCC[C@]1(O)CCCC[C@H]1Sc1ccccc1. The van der Waals surface area contributed by atoms with E-state index in [-0.39, 0.29) is 0 Å². The van der Waals surface area contributed by atoms with Gasteiger partial charge < -0.3 is 10.0 Å². The number of hydrogen-bond acceptors (Lipinski definition) is 3. The Bertz CT molecular complexity index is 395. The van der Waals surface area contributed by atoms with E-state index in [1.54, 1.807) is 0 Å². The van der Waals surface area contributed by atoms with Crippen molar-refractivity contribution in [3.63, 3.8) is 0 Å². The summed E-state index contributed by atoms with van der Waals surface area (Å²) < 4.78 is 0. The van der Waals surface area contributed by atoms with E-state index in [1.165, 1.54) is 17.7 Å². The van der Waals surface area contributed by atoms with Crippen LogP contribution in [0.15, 0.2) is 35.2 Å². The first-order valence-electron chi connectivity index (χ1n) is 7.69. The van der Waals surface area contributed by atoms with Crippen LogP contribution in [0.2, 0.25) is 0 Å². The molecule has 0 amide bonds. The van der Waals surface area contributed by atoms with Crippen LogP contribution in [0.1, 0.15) is 38.5 Å². The van der Waals surface area contributed by atoms with Gasteiger partial charge >= 0.3 is 0 Å². The molecule has 1 aromatic rings. The number of nitrogens with zero attached hydrogens (tertiary/aromatic N) is 1. The number of thioether (sulfide) groups is 1. The molecule has 2 nitrogen and oxygen atoms in total. The second-order valence-electron chi connectivity index (χ2n) is 6.18. The van der Waals surface area contributed by atoms with Crippen molar-refractivity contribution >= 4 is 11.8 Å². The van der Waals surface area contributed by atoms with Crippen molar-refractivity contribution in [2.75, 3.05) is 20.6 Å². The maximum atomic E-state index is 11.1. The van der Waals surface area contributed by atoms with Gasteiger partial charge in [-0.15, -0.1) is 11.8 Å². The number of hydrogen-bond donors (Lipinski definition) is 1. The van der Waals surface area contributed by atoms with Crippen molar-refractivity contribution < 1.29 is 5.11 Å². The maximum Gasteiger partial charge on any atom is 0.0769 e. The van der Waals surface area contributed by atoms with Crippen molar-refractivity contribution in [1.29, 1.82) is 0 Å². The lowest BCUT2D eigenvalue weighted by Crippen LogP contribution is -2.43. The molecule has 1 aliphatic carbocycles. The van der Waals surface area contributed by atoms with Gasteiger partial charge in [0.25, 0.3) is 0 Å². The van der Waals surface area contributed by atoms with Gasteiger partial charge in [0.05, 0.1) is 5.60 Å². The van der Waals surface area contributed by atoms with Crippen LogP contribution in [-0.2, 0) is 0 Å². The summed E-state index contributed by atoms with van der Waals surface area (Å²) in [7, 11) is 4.20. The van der Waals surface area contributed by atoms with Gasteiger partial charge in [0.1, 0.15) is 0 Å². The lowest BCUT2D eigenvalue weighted by molar-refractivity contribution is -0.000181. The quantitative estimate of drug-likeness (QED) is 0.863. The zero-order valence-electron chi connectivity index (χ0n) is 12.7. The molecule has 2 atom stereocenters. The molecule has 1 saturated carbocycles. The molecule has 0 aliphatic heterocycles. The molecule has 1 aromatic carbocycles. The molecule has 2 rings (SSSR count). The Kier molecular flexibility index (Phi) is 5.94. The van der Waals surface area contributed by atoms with Crippen molar-refractivity contribution in [1.82, 2.24) is 4.90 Å². The Balaban J connectivity index is 1.96. The molecule has 1 aliphatic rings. The maximum absolute atomic E-state index is 11.1. The van der Waals surface area contributed by atoms with E-state index in [9.17, 15) is 5.11 Å². The highest BCUT2D eigenvalue weighted by molar-refractivity contribution is 8.00. The van der Waals surface area contributed by atoms with Gasteiger partial charge in [-0.05, 0) is 58.5 Å². The molecule has 0 bridgehead atoms. The lowest BCUT2D eigenvalue weighted by Gasteiger charge is -2.40. The van der Waals surface area contributed by atoms with Crippen LogP contribution < -0.4 is 0 Å². The van der Waals surface area contributed by atoms with E-state index in [0.29, 0.717) is 5.25 Å². The highest BCUT2D eigenvalue weighted by Gasteiger charge is 2.38. The predicted molar refractivity (Wildman–Crippen MR) is 87.3 cm³/mol. The molecule has 112 valence electrons. The van der Waals surface area contributed by atoms with Crippen LogP contribution in [0.25, 0.3) is 0 Å². The van der Waals surface area contributed by atoms with E-state index in [2.05, 4.69) is 43.3 Å². The molecule has 20 heavy (non-hydrogen) atoms. The van der Waals surface area contributed by atoms with Gasteiger partial charge in [0.2, 0.25) is 0 Å². The largest absolute Gasteiger partial charge is 0.389 e. The van der Waals surface area contributed by atoms with Gasteiger partial charge in [-0.1, -0.05) is 31.0 Å². The molecule has 0 aromatic heterocycles. The molecule has 1 fully saturated rings. The summed E-state index contributed by atoms with van der Waals surface area (Å²) >= 11 is 1.87. The first kappa shape index (κ1) is 15.9. The Labute approximate surface area is 127 Å². The van der Waals surface area contributed by atoms with E-state index in [1.807, 2.05) is 17.8 Å². The second-order valence-corrected chi connectivity index (χ2v) is 7.45. The zero-order valence-corrected chi connectivity index (χ0v) is 13.5. The smallest absolute Gasteiger partial charge is 0.0769 e. The van der Waals surface area contributed by atoms with Gasteiger partial charge in [0.15, 0.2) is 0 Å². The molecular formula is C17H27NOS. The molecular weight excluding hydrogens is 266 g/mol. The summed E-state index contributed by atoms with van der Waals surface area (Å²) in [6.07, 6.45) is 6.53. The van der Waals surface area contributed by atoms with E-state index >= 15 is 0 Å². The van der Waals surface area contributed by atoms with Crippen LogP contribution in [0.4, 0.5) is 0 Å². The third-order valence-electron chi connectivity index (χ3n) is 4.16. The number of benzene rings is 1. The van der Waals surface area contributed by atoms with E-state index in [4.69, 9.17) is 0 Å². The second kappa shape index (κ2) is 7.48. The minimum absolute atomic E-state index is 0.348. The van der Waals surface area contributed by atoms with Crippen LogP contribution in [0, 0.1) is 0 Å². The van der Waals surface area contributed by atoms with Gasteiger partial charge in [-0.25, -0.2) is 0 Å². The Morgan fingerprint density at radius 3 is 2.70 bits per heavy atom. The van der Waals surface area contributed by atoms with Crippen molar-refractivity contribution in [3.8, 4) is 0 Å². The summed E-state index contributed by atoms with van der Waals surface area (Å²) in [4.78, 5) is 3.48. The van der Waals surface area contributed by atoms with Gasteiger partial charge in [0, 0.05) is 10.1 Å². The minimum atomic E-state index is -0.477. The zero-order chi connectivity index (χ0) is 14.4. The Morgan fingerprint density at radius 1 is 1.25 bits per heavy atom. The Hall–Kier alpha value is -0.510. The van der Waals surface area contributed by atoms with Crippen molar-refractivity contribution in [2.24, 2.45) is 0 Å². The van der Waals surface area contributed by atoms with E-state index < -0.39 is 5.60 Å². The molecule has 0 unspecified atom stereocenters. The lowest BCUT2D eigenvalue weighted by atomic mass is 9.81. The molecule has 1 N–H and O–H groups in total. The number of aliphatic hydroxyl groups is 1. The van der Waals surface area contributed by atoms with E-state index in [0.717, 1.165) is 32.2 Å². The minimum Gasteiger partial charge on any atom is -0.389 e. The highest BCUT2D eigenvalue weighted by atomic mass is 32.2. The van der Waals surface area contributed by atoms with Crippen LogP contribution in [-0.4, -0.2) is 41.5 Å². The fourth-order valence-electron chi connectivity index (χ4n) is 3.01. The van der Waals surface area contributed by atoms with Crippen LogP contribution in [0.5, 0.6) is 0 Å². The third-order valence-corrected chi connectivity index (χ3v) is 5.67. The molecule has 3 heteroatoms. The first-order chi connectivity index (χ1) is 9.60. The molecule has 0 heterocycles. The molecule has 0 spiro atoms. The van der Waals surface area contributed by atoms with Gasteiger partial charge in [-0.3, -0.25) is 0 Å². The standard InChI is InChI=1S/C17H27NOS/c1-18(2)14-8-13-17(19)12-7-6-11-16(17)20-15-9-4-3-5-10-15/h3-5,9-10,16,19H,6-8,11-14H2,1-2H3/t16-,17-/m1/s1. The molecule has 0 saturated heterocycles.